The average molecular weight is 426 g/mol. The average Bonchev–Trinajstić information content (AvgIpc) is 3.16. The van der Waals surface area contributed by atoms with Gasteiger partial charge in [0.2, 0.25) is 0 Å². The first-order valence-corrected chi connectivity index (χ1v) is 8.94. The minimum Gasteiger partial charge on any atom is -0.338 e. The molecular weight excluding hydrogens is 413 g/mol. The zero-order chi connectivity index (χ0) is 22.2. The van der Waals surface area contributed by atoms with Crippen LogP contribution in [0.25, 0.3) is 22.4 Å². The number of carbonyl (C=O) groups excluding carboxylic acids is 1. The summed E-state index contributed by atoms with van der Waals surface area (Å²) in [5, 5.41) is 13.4. The second-order valence-corrected chi connectivity index (χ2v) is 6.65. The molecule has 0 spiro atoms. The molecule has 31 heavy (non-hydrogen) atoms. The van der Waals surface area contributed by atoms with Gasteiger partial charge < -0.3 is 10.3 Å². The molecule has 156 valence electrons. The van der Waals surface area contributed by atoms with E-state index in [1.807, 2.05) is 0 Å². The predicted molar refractivity (Wildman–Crippen MR) is 108 cm³/mol. The van der Waals surface area contributed by atoms with Crippen LogP contribution in [0.5, 0.6) is 0 Å². The van der Waals surface area contributed by atoms with Crippen LogP contribution >= 0.6 is 0 Å². The topological polar surface area (TPSA) is 101 Å². The number of hydrogen-bond donors (Lipinski definition) is 2. The van der Waals surface area contributed by atoms with E-state index in [2.05, 4.69) is 15.3 Å². The quantitative estimate of drug-likeness (QED) is 0.337. The number of amides is 1. The monoisotopic (exact) mass is 426 g/mol. The Balaban J connectivity index is 1.54. The largest absolute Gasteiger partial charge is 0.416 e. The van der Waals surface area contributed by atoms with Gasteiger partial charge in [-0.1, -0.05) is 12.1 Å². The van der Waals surface area contributed by atoms with Gasteiger partial charge in [0.05, 0.1) is 21.5 Å². The molecule has 1 aromatic heterocycles. The molecule has 1 heterocycles. The molecule has 0 radical (unpaired) electrons. The minimum atomic E-state index is -4.41. The number of aromatic amines is 1. The number of nitro benzene ring substituents is 1. The third kappa shape index (κ3) is 4.22. The summed E-state index contributed by atoms with van der Waals surface area (Å²) in [4.78, 5) is 29.9. The molecule has 0 aliphatic rings. The number of aromatic nitrogens is 2. The fourth-order valence-electron chi connectivity index (χ4n) is 2.98. The fraction of sp³-hybridized carbons (Fsp3) is 0.0476. The van der Waals surface area contributed by atoms with Gasteiger partial charge >= 0.3 is 6.18 Å². The number of anilines is 1. The molecule has 0 saturated carbocycles. The number of alkyl halides is 3. The summed E-state index contributed by atoms with van der Waals surface area (Å²) in [6.45, 7) is 0. The third-order valence-electron chi connectivity index (χ3n) is 4.57. The first-order valence-electron chi connectivity index (χ1n) is 8.94. The number of H-pyrrole nitrogens is 1. The molecule has 0 fully saturated rings. The molecule has 7 nitrogen and oxygen atoms in total. The summed E-state index contributed by atoms with van der Waals surface area (Å²) in [5.74, 6) is -0.0562. The summed E-state index contributed by atoms with van der Waals surface area (Å²) in [5.41, 5.74) is 1.48. The van der Waals surface area contributed by atoms with Crippen molar-refractivity contribution in [3.05, 3.63) is 88.0 Å². The van der Waals surface area contributed by atoms with Gasteiger partial charge in [0.25, 0.3) is 11.6 Å². The van der Waals surface area contributed by atoms with Crippen LogP contribution in [0, 0.1) is 10.1 Å². The van der Waals surface area contributed by atoms with E-state index in [1.54, 1.807) is 18.2 Å². The lowest BCUT2D eigenvalue weighted by Crippen LogP contribution is -2.11. The molecule has 4 aromatic rings. The number of nitrogens with zero attached hydrogens (tertiary/aromatic N) is 2. The SMILES string of the molecule is O=C(Nc1ccc2nc(-c3ccc(C(F)(F)F)cc3)[nH]c2c1)c1ccc([N+](=O)[O-])cc1. The van der Waals surface area contributed by atoms with Crippen LogP contribution < -0.4 is 5.32 Å². The van der Waals surface area contributed by atoms with E-state index in [4.69, 9.17) is 0 Å². The van der Waals surface area contributed by atoms with Crippen molar-refractivity contribution in [2.24, 2.45) is 0 Å². The van der Waals surface area contributed by atoms with E-state index >= 15 is 0 Å². The first-order chi connectivity index (χ1) is 14.7. The Morgan fingerprint density at radius 1 is 1.00 bits per heavy atom. The molecule has 10 heteroatoms. The predicted octanol–water partition coefficient (Wildman–Crippen LogP) is 5.41. The summed E-state index contributed by atoms with van der Waals surface area (Å²) in [6.07, 6.45) is -4.41. The standard InChI is InChI=1S/C21H13F3N4O3/c22-21(23,24)14-5-1-12(2-6-14)19-26-17-10-7-15(11-18(17)27-19)25-20(29)13-3-8-16(9-4-13)28(30)31/h1-11H,(H,25,29)(H,26,27). The van der Waals surface area contributed by atoms with E-state index in [0.717, 1.165) is 12.1 Å². The minimum absolute atomic E-state index is 0.119. The van der Waals surface area contributed by atoms with Gasteiger partial charge in [-0.05, 0) is 42.5 Å². The highest BCUT2D eigenvalue weighted by Gasteiger charge is 2.30. The Morgan fingerprint density at radius 2 is 1.68 bits per heavy atom. The number of halogens is 3. The van der Waals surface area contributed by atoms with Crippen molar-refractivity contribution in [1.29, 1.82) is 0 Å². The van der Waals surface area contributed by atoms with Crippen LogP contribution in [-0.2, 0) is 6.18 Å². The van der Waals surface area contributed by atoms with Crippen molar-refractivity contribution in [3.63, 3.8) is 0 Å². The zero-order valence-corrected chi connectivity index (χ0v) is 15.6. The number of imidazole rings is 1. The van der Waals surface area contributed by atoms with Gasteiger partial charge in [-0.2, -0.15) is 13.2 Å². The molecule has 0 atom stereocenters. The van der Waals surface area contributed by atoms with Crippen molar-refractivity contribution >= 4 is 28.3 Å². The van der Waals surface area contributed by atoms with Crippen LogP contribution in [0.1, 0.15) is 15.9 Å². The second-order valence-electron chi connectivity index (χ2n) is 6.65. The van der Waals surface area contributed by atoms with Gasteiger partial charge in [0.1, 0.15) is 5.82 Å². The summed E-state index contributed by atoms with van der Waals surface area (Å²) in [7, 11) is 0. The van der Waals surface area contributed by atoms with Crippen molar-refractivity contribution in [3.8, 4) is 11.4 Å². The van der Waals surface area contributed by atoms with Gasteiger partial charge in [-0.15, -0.1) is 0 Å². The highest BCUT2D eigenvalue weighted by atomic mass is 19.4. The van der Waals surface area contributed by atoms with Gasteiger partial charge in [-0.25, -0.2) is 4.98 Å². The lowest BCUT2D eigenvalue weighted by atomic mass is 10.1. The number of nitro groups is 1. The number of hydrogen-bond acceptors (Lipinski definition) is 4. The normalized spacial score (nSPS) is 11.5. The molecule has 1 amide bonds. The number of benzene rings is 3. The van der Waals surface area contributed by atoms with Crippen LogP contribution in [0.3, 0.4) is 0 Å². The molecule has 0 unspecified atom stereocenters. The van der Waals surface area contributed by atoms with Crippen LogP contribution in [0.15, 0.2) is 66.7 Å². The van der Waals surface area contributed by atoms with E-state index < -0.39 is 22.6 Å². The smallest absolute Gasteiger partial charge is 0.338 e. The molecule has 0 aliphatic heterocycles. The lowest BCUT2D eigenvalue weighted by molar-refractivity contribution is -0.384. The highest BCUT2D eigenvalue weighted by molar-refractivity contribution is 6.05. The Bertz CT molecular complexity index is 1280. The van der Waals surface area contributed by atoms with E-state index in [1.165, 1.54) is 36.4 Å². The molecule has 3 aromatic carbocycles. The second kappa shape index (κ2) is 7.56. The summed E-state index contributed by atoms with van der Waals surface area (Å²) in [6, 6.07) is 14.7. The molecule has 4 rings (SSSR count). The number of nitrogens with one attached hydrogen (secondary N) is 2. The van der Waals surface area contributed by atoms with Crippen molar-refractivity contribution in [2.45, 2.75) is 6.18 Å². The Labute approximate surface area is 172 Å². The van der Waals surface area contributed by atoms with Crippen LogP contribution in [0.2, 0.25) is 0 Å². The first kappa shape index (κ1) is 20.1. The number of carbonyl (C=O) groups is 1. The molecule has 0 saturated heterocycles. The Kier molecular flexibility index (Phi) is 4.90. The van der Waals surface area contributed by atoms with E-state index in [-0.39, 0.29) is 11.3 Å². The molecule has 0 aliphatic carbocycles. The lowest BCUT2D eigenvalue weighted by Gasteiger charge is -2.06. The highest BCUT2D eigenvalue weighted by Crippen LogP contribution is 2.31. The van der Waals surface area contributed by atoms with Gasteiger partial charge in [-0.3, -0.25) is 14.9 Å². The Hall–Kier alpha value is -4.21. The maximum absolute atomic E-state index is 12.7. The number of non-ortho nitro benzene ring substituents is 1. The fourth-order valence-corrected chi connectivity index (χ4v) is 2.98. The zero-order valence-electron chi connectivity index (χ0n) is 15.6. The van der Waals surface area contributed by atoms with Crippen LogP contribution in [0.4, 0.5) is 24.5 Å². The van der Waals surface area contributed by atoms with Crippen molar-refractivity contribution < 1.29 is 22.9 Å². The summed E-state index contributed by atoms with van der Waals surface area (Å²) >= 11 is 0. The van der Waals surface area contributed by atoms with Gasteiger partial charge in [0, 0.05) is 28.9 Å². The summed E-state index contributed by atoms with van der Waals surface area (Å²) < 4.78 is 38.2. The molecule has 2 N–H and O–H groups in total. The molecule has 0 bridgehead atoms. The number of fused-ring (bicyclic) bond motifs is 1. The van der Waals surface area contributed by atoms with Crippen LogP contribution in [-0.4, -0.2) is 20.8 Å². The Morgan fingerprint density at radius 3 is 2.29 bits per heavy atom. The maximum Gasteiger partial charge on any atom is 0.416 e. The molecular formula is C21H13F3N4O3. The maximum atomic E-state index is 12.7. The van der Waals surface area contributed by atoms with E-state index in [9.17, 15) is 28.1 Å². The number of rotatable bonds is 4. The van der Waals surface area contributed by atoms with Gasteiger partial charge in [0.15, 0.2) is 0 Å². The van der Waals surface area contributed by atoms with E-state index in [0.29, 0.717) is 28.1 Å². The van der Waals surface area contributed by atoms with Crippen molar-refractivity contribution in [1.82, 2.24) is 9.97 Å². The van der Waals surface area contributed by atoms with Crippen molar-refractivity contribution in [2.75, 3.05) is 5.32 Å². The third-order valence-corrected chi connectivity index (χ3v) is 4.57.